The van der Waals surface area contributed by atoms with Crippen molar-refractivity contribution in [2.45, 2.75) is 17.3 Å². The van der Waals surface area contributed by atoms with Crippen LogP contribution in [0.5, 0.6) is 0 Å². The van der Waals surface area contributed by atoms with E-state index in [9.17, 15) is 13.2 Å². The molecule has 1 heterocycles. The fourth-order valence-electron chi connectivity index (χ4n) is 2.04. The average molecular weight is 399 g/mol. The number of amides is 1. The number of anilines is 2. The number of rotatable bonds is 8. The lowest BCUT2D eigenvalue weighted by molar-refractivity contribution is -0.116. The first-order chi connectivity index (χ1) is 11.8. The van der Waals surface area contributed by atoms with Crippen LogP contribution in [0.1, 0.15) is 6.92 Å². The van der Waals surface area contributed by atoms with Gasteiger partial charge in [0.25, 0.3) is 0 Å². The van der Waals surface area contributed by atoms with Crippen molar-refractivity contribution in [3.8, 4) is 0 Å². The van der Waals surface area contributed by atoms with Crippen LogP contribution in [0.25, 0.3) is 0 Å². The van der Waals surface area contributed by atoms with Gasteiger partial charge in [-0.15, -0.1) is 16.8 Å². The summed E-state index contributed by atoms with van der Waals surface area (Å²) in [6.07, 6.45) is 2.81. The summed E-state index contributed by atoms with van der Waals surface area (Å²) in [5.74, 6) is 0.208. The molecule has 0 radical (unpaired) electrons. The molecule has 0 saturated heterocycles. The Morgan fingerprint density at radius 3 is 2.68 bits per heavy atom. The molecular weight excluding hydrogens is 380 g/mol. The zero-order valence-electron chi connectivity index (χ0n) is 13.7. The van der Waals surface area contributed by atoms with Crippen LogP contribution in [-0.4, -0.2) is 42.6 Å². The molecule has 0 aliphatic rings. The van der Waals surface area contributed by atoms with Gasteiger partial charge in [0.05, 0.1) is 11.9 Å². The first kappa shape index (κ1) is 19.4. The van der Waals surface area contributed by atoms with Crippen LogP contribution >= 0.6 is 23.1 Å². The first-order valence-corrected chi connectivity index (χ1v) is 10.9. The van der Waals surface area contributed by atoms with E-state index in [1.165, 1.54) is 30.0 Å². The fraction of sp³-hybridized carbons (Fsp3) is 0.267. The second-order valence-corrected chi connectivity index (χ2v) is 9.14. The molecule has 1 aromatic carbocycles. The predicted octanol–water partition coefficient (Wildman–Crippen LogP) is 2.61. The number of nitrogens with one attached hydrogen (secondary N) is 1. The highest BCUT2D eigenvalue weighted by atomic mass is 32.2. The van der Waals surface area contributed by atoms with E-state index in [4.69, 9.17) is 0 Å². The number of sulfonamides is 1. The largest absolute Gasteiger partial charge is 0.299 e. The first-order valence-electron chi connectivity index (χ1n) is 7.25. The molecule has 0 bridgehead atoms. The lowest BCUT2D eigenvalue weighted by atomic mass is 10.2. The van der Waals surface area contributed by atoms with Crippen molar-refractivity contribution in [1.82, 2.24) is 10.2 Å². The molecule has 2 rings (SSSR count). The third-order valence-corrected chi connectivity index (χ3v) is 6.27. The highest BCUT2D eigenvalue weighted by Crippen LogP contribution is 2.26. The van der Waals surface area contributed by atoms with E-state index in [0.717, 1.165) is 10.6 Å². The van der Waals surface area contributed by atoms with Gasteiger partial charge in [0.1, 0.15) is 6.04 Å². The Morgan fingerprint density at radius 2 is 2.08 bits per heavy atom. The number of aromatic nitrogens is 2. The van der Waals surface area contributed by atoms with Gasteiger partial charge in [0.15, 0.2) is 4.34 Å². The van der Waals surface area contributed by atoms with Crippen LogP contribution in [0.15, 0.2) is 47.3 Å². The van der Waals surface area contributed by atoms with Gasteiger partial charge >= 0.3 is 0 Å². The number of benzene rings is 1. The van der Waals surface area contributed by atoms with Crippen LogP contribution in [-0.2, 0) is 14.8 Å². The molecule has 2 aromatic rings. The SMILES string of the molecule is C=CCSc1nnc(NC(=O)[C@H](C)N(c2ccccc2)S(C)(=O)=O)s1. The summed E-state index contributed by atoms with van der Waals surface area (Å²) in [6.45, 7) is 5.15. The van der Waals surface area contributed by atoms with Crippen LogP contribution in [0, 0.1) is 0 Å². The van der Waals surface area contributed by atoms with Gasteiger partial charge in [-0.25, -0.2) is 8.42 Å². The molecule has 0 saturated carbocycles. The van der Waals surface area contributed by atoms with E-state index in [1.807, 2.05) is 0 Å². The van der Waals surface area contributed by atoms with Crippen LogP contribution in [0.4, 0.5) is 10.8 Å². The summed E-state index contributed by atoms with van der Waals surface area (Å²) >= 11 is 2.68. The van der Waals surface area contributed by atoms with E-state index in [1.54, 1.807) is 36.4 Å². The smallest absolute Gasteiger partial charge is 0.249 e. The molecule has 25 heavy (non-hydrogen) atoms. The number of hydrogen-bond donors (Lipinski definition) is 1. The third-order valence-electron chi connectivity index (χ3n) is 3.06. The molecule has 1 atom stereocenters. The average Bonchev–Trinajstić information content (AvgIpc) is 3.00. The molecule has 10 heteroatoms. The van der Waals surface area contributed by atoms with Gasteiger partial charge in [-0.1, -0.05) is 47.4 Å². The molecule has 7 nitrogen and oxygen atoms in total. The number of nitrogens with zero attached hydrogens (tertiary/aromatic N) is 3. The van der Waals surface area contributed by atoms with Crippen LogP contribution in [0.2, 0.25) is 0 Å². The zero-order valence-corrected chi connectivity index (χ0v) is 16.2. The zero-order chi connectivity index (χ0) is 18.4. The molecule has 0 aliphatic heterocycles. The minimum Gasteiger partial charge on any atom is -0.299 e. The quantitative estimate of drug-likeness (QED) is 0.417. The summed E-state index contributed by atoms with van der Waals surface area (Å²) in [4.78, 5) is 12.5. The van der Waals surface area contributed by atoms with Crippen molar-refractivity contribution >= 4 is 49.8 Å². The van der Waals surface area contributed by atoms with E-state index < -0.39 is 22.0 Å². The highest BCUT2D eigenvalue weighted by Gasteiger charge is 2.29. The normalized spacial score (nSPS) is 12.4. The Labute approximate surface area is 155 Å². The van der Waals surface area contributed by atoms with Crippen molar-refractivity contribution in [3.63, 3.8) is 0 Å². The van der Waals surface area contributed by atoms with E-state index >= 15 is 0 Å². The number of thioether (sulfide) groups is 1. The Hall–Kier alpha value is -1.91. The fourth-order valence-corrected chi connectivity index (χ4v) is 4.73. The molecule has 1 aromatic heterocycles. The topological polar surface area (TPSA) is 92.3 Å². The van der Waals surface area contributed by atoms with E-state index in [-0.39, 0.29) is 0 Å². The molecule has 0 spiro atoms. The monoisotopic (exact) mass is 398 g/mol. The third kappa shape index (κ3) is 5.28. The summed E-state index contributed by atoms with van der Waals surface area (Å²) in [6, 6.07) is 7.54. The van der Waals surface area contributed by atoms with Crippen LogP contribution in [0.3, 0.4) is 0 Å². The summed E-state index contributed by atoms with van der Waals surface area (Å²) in [5, 5.41) is 10.8. The van der Waals surface area contributed by atoms with Gasteiger partial charge in [0.2, 0.25) is 21.1 Å². The maximum absolute atomic E-state index is 12.5. The Bertz CT molecular complexity index is 837. The number of carbonyl (C=O) groups is 1. The van der Waals surface area contributed by atoms with Gasteiger partial charge in [0, 0.05) is 5.75 Å². The van der Waals surface area contributed by atoms with Gasteiger partial charge in [-0.05, 0) is 19.1 Å². The van der Waals surface area contributed by atoms with Crippen molar-refractivity contribution in [3.05, 3.63) is 43.0 Å². The lowest BCUT2D eigenvalue weighted by Crippen LogP contribution is -2.45. The molecule has 0 fully saturated rings. The Morgan fingerprint density at radius 1 is 1.40 bits per heavy atom. The molecule has 1 N–H and O–H groups in total. The standard InChI is InChI=1S/C15H18N4O3S3/c1-4-10-23-15-18-17-14(24-15)16-13(20)11(2)19(25(3,21)22)12-8-6-5-7-9-12/h4-9,11H,1,10H2,2-3H3,(H,16,17,20)/t11-/m0/s1. The summed E-state index contributed by atoms with van der Waals surface area (Å²) < 4.78 is 26.1. The predicted molar refractivity (Wildman–Crippen MR) is 103 cm³/mol. The molecule has 0 unspecified atom stereocenters. The van der Waals surface area contributed by atoms with Crippen molar-refractivity contribution in [2.24, 2.45) is 0 Å². The highest BCUT2D eigenvalue weighted by molar-refractivity contribution is 8.01. The summed E-state index contributed by atoms with van der Waals surface area (Å²) in [5.41, 5.74) is 0.423. The van der Waals surface area contributed by atoms with Gasteiger partial charge in [-0.3, -0.25) is 14.4 Å². The van der Waals surface area contributed by atoms with E-state index in [2.05, 4.69) is 22.1 Å². The maximum atomic E-state index is 12.5. The van der Waals surface area contributed by atoms with Gasteiger partial charge < -0.3 is 0 Å². The van der Waals surface area contributed by atoms with Crippen molar-refractivity contribution in [2.75, 3.05) is 21.6 Å². The number of hydrogen-bond acceptors (Lipinski definition) is 7. The van der Waals surface area contributed by atoms with Crippen LogP contribution < -0.4 is 9.62 Å². The Kier molecular flexibility index (Phi) is 6.57. The number of carbonyl (C=O) groups excluding carboxylic acids is 1. The van der Waals surface area contributed by atoms with Gasteiger partial charge in [-0.2, -0.15) is 0 Å². The number of para-hydroxylation sites is 1. The maximum Gasteiger partial charge on any atom is 0.249 e. The lowest BCUT2D eigenvalue weighted by Gasteiger charge is -2.27. The molecular formula is C15H18N4O3S3. The molecule has 0 aliphatic carbocycles. The second kappa shape index (κ2) is 8.45. The minimum atomic E-state index is -3.64. The van der Waals surface area contributed by atoms with E-state index in [0.29, 0.717) is 20.9 Å². The minimum absolute atomic E-state index is 0.324. The van der Waals surface area contributed by atoms with Crippen molar-refractivity contribution in [1.29, 1.82) is 0 Å². The van der Waals surface area contributed by atoms with Crippen molar-refractivity contribution < 1.29 is 13.2 Å². The molecule has 134 valence electrons. The molecule has 1 amide bonds. The second-order valence-electron chi connectivity index (χ2n) is 5.03. The summed E-state index contributed by atoms with van der Waals surface area (Å²) in [7, 11) is -3.64. The Balaban J connectivity index is 2.16.